The number of amides is 1. The molecule has 1 aliphatic carbocycles. The largest absolute Gasteiger partial charge is 0.361 e. The van der Waals surface area contributed by atoms with Gasteiger partial charge in [-0.2, -0.15) is 0 Å². The van der Waals surface area contributed by atoms with Crippen molar-refractivity contribution in [1.82, 2.24) is 9.88 Å². The summed E-state index contributed by atoms with van der Waals surface area (Å²) in [4.78, 5) is 18.0. The Balaban J connectivity index is 1.54. The molecule has 1 atom stereocenters. The number of benzene rings is 1. The molecule has 3 heteroatoms. The highest BCUT2D eigenvalue weighted by Crippen LogP contribution is 2.40. The third kappa shape index (κ3) is 2.01. The lowest BCUT2D eigenvalue weighted by atomic mass is 10.1. The van der Waals surface area contributed by atoms with E-state index in [1.165, 1.54) is 31.1 Å². The quantitative estimate of drug-likeness (QED) is 0.912. The third-order valence-electron chi connectivity index (χ3n) is 4.80. The van der Waals surface area contributed by atoms with Crippen molar-refractivity contribution in [3.8, 4) is 0 Å². The number of para-hydroxylation sites is 1. The molecule has 1 unspecified atom stereocenters. The van der Waals surface area contributed by atoms with Crippen LogP contribution in [0.3, 0.4) is 0 Å². The van der Waals surface area contributed by atoms with Gasteiger partial charge in [-0.15, -0.1) is 0 Å². The van der Waals surface area contributed by atoms with Gasteiger partial charge in [-0.25, -0.2) is 0 Å². The lowest BCUT2D eigenvalue weighted by Gasteiger charge is -2.24. The summed E-state index contributed by atoms with van der Waals surface area (Å²) in [6.07, 6.45) is 7.56. The van der Waals surface area contributed by atoms with Crippen LogP contribution in [0, 0.1) is 5.92 Å². The number of fused-ring (bicyclic) bond motifs is 1. The molecule has 2 heterocycles. The minimum absolute atomic E-state index is 0.309. The predicted molar refractivity (Wildman–Crippen MR) is 79.5 cm³/mol. The van der Waals surface area contributed by atoms with Crippen molar-refractivity contribution < 1.29 is 4.79 Å². The Morgan fingerprint density at radius 3 is 2.95 bits per heavy atom. The van der Waals surface area contributed by atoms with Gasteiger partial charge in [0.05, 0.1) is 6.42 Å². The molecular formula is C17H20N2O. The fraction of sp³-hybridized carbons (Fsp3) is 0.471. The van der Waals surface area contributed by atoms with Crippen molar-refractivity contribution in [2.24, 2.45) is 5.92 Å². The van der Waals surface area contributed by atoms with Gasteiger partial charge in [-0.3, -0.25) is 4.79 Å². The van der Waals surface area contributed by atoms with Crippen molar-refractivity contribution >= 4 is 16.8 Å². The fourth-order valence-corrected chi connectivity index (χ4v) is 3.62. The Morgan fingerprint density at radius 1 is 1.25 bits per heavy atom. The molecule has 1 saturated heterocycles. The molecule has 0 radical (unpaired) electrons. The van der Waals surface area contributed by atoms with Crippen molar-refractivity contribution in [1.29, 1.82) is 0 Å². The molecule has 3 nitrogen and oxygen atoms in total. The van der Waals surface area contributed by atoms with E-state index in [4.69, 9.17) is 0 Å². The second kappa shape index (κ2) is 4.65. The van der Waals surface area contributed by atoms with Crippen molar-refractivity contribution in [3.05, 3.63) is 36.0 Å². The minimum Gasteiger partial charge on any atom is -0.361 e. The Morgan fingerprint density at radius 2 is 2.10 bits per heavy atom. The van der Waals surface area contributed by atoms with Crippen molar-refractivity contribution in [2.45, 2.75) is 38.1 Å². The molecule has 4 rings (SSSR count). The number of carbonyl (C=O) groups excluding carboxylic acids is 1. The zero-order chi connectivity index (χ0) is 13.5. The molecule has 1 N–H and O–H groups in total. The van der Waals surface area contributed by atoms with Crippen LogP contribution in [0.5, 0.6) is 0 Å². The summed E-state index contributed by atoms with van der Waals surface area (Å²) in [6.45, 7) is 0.961. The predicted octanol–water partition coefficient (Wildman–Crippen LogP) is 3.11. The second-order valence-corrected chi connectivity index (χ2v) is 6.17. The molecule has 0 spiro atoms. The summed E-state index contributed by atoms with van der Waals surface area (Å²) < 4.78 is 0. The van der Waals surface area contributed by atoms with Crippen molar-refractivity contribution in [3.63, 3.8) is 0 Å². The average Bonchev–Trinajstić information content (AvgIpc) is 3.06. The Labute approximate surface area is 119 Å². The first-order valence-corrected chi connectivity index (χ1v) is 7.67. The zero-order valence-electron chi connectivity index (χ0n) is 11.6. The maximum absolute atomic E-state index is 12.6. The van der Waals surface area contributed by atoms with E-state index in [9.17, 15) is 4.79 Å². The lowest BCUT2D eigenvalue weighted by Crippen LogP contribution is -2.37. The molecule has 20 heavy (non-hydrogen) atoms. The summed E-state index contributed by atoms with van der Waals surface area (Å²) in [7, 11) is 0. The molecule has 0 bridgehead atoms. The molecule has 104 valence electrons. The second-order valence-electron chi connectivity index (χ2n) is 6.17. The highest BCUT2D eigenvalue weighted by molar-refractivity contribution is 5.89. The number of aromatic nitrogens is 1. The molecule has 2 fully saturated rings. The molecule has 2 aliphatic rings. The van der Waals surface area contributed by atoms with Gasteiger partial charge in [0.25, 0.3) is 0 Å². The van der Waals surface area contributed by atoms with Gasteiger partial charge in [-0.05, 0) is 43.2 Å². The van der Waals surface area contributed by atoms with Gasteiger partial charge >= 0.3 is 0 Å². The first kappa shape index (κ1) is 12.0. The fourth-order valence-electron chi connectivity index (χ4n) is 3.62. The van der Waals surface area contributed by atoms with E-state index in [1.54, 1.807) is 0 Å². The van der Waals surface area contributed by atoms with E-state index in [0.29, 0.717) is 18.4 Å². The Bertz CT molecular complexity index is 641. The van der Waals surface area contributed by atoms with Gasteiger partial charge in [0, 0.05) is 29.7 Å². The summed E-state index contributed by atoms with van der Waals surface area (Å²) in [6, 6.07) is 8.75. The number of likely N-dealkylation sites (tertiary alicyclic amines) is 1. The molecule has 1 aromatic heterocycles. The Hall–Kier alpha value is -1.77. The van der Waals surface area contributed by atoms with Crippen LogP contribution >= 0.6 is 0 Å². The number of rotatable bonds is 3. The highest BCUT2D eigenvalue weighted by Gasteiger charge is 2.39. The van der Waals surface area contributed by atoms with Crippen LogP contribution in [0.2, 0.25) is 0 Å². The average molecular weight is 268 g/mol. The van der Waals surface area contributed by atoms with Gasteiger partial charge in [-0.1, -0.05) is 18.2 Å². The monoisotopic (exact) mass is 268 g/mol. The topological polar surface area (TPSA) is 36.1 Å². The van der Waals surface area contributed by atoms with E-state index in [2.05, 4.69) is 22.0 Å². The van der Waals surface area contributed by atoms with Crippen LogP contribution in [-0.2, 0) is 11.2 Å². The number of nitrogens with one attached hydrogen (secondary N) is 1. The summed E-state index contributed by atoms with van der Waals surface area (Å²) >= 11 is 0. The third-order valence-corrected chi connectivity index (χ3v) is 4.80. The molecule has 1 amide bonds. The van der Waals surface area contributed by atoms with Crippen LogP contribution in [0.25, 0.3) is 10.9 Å². The maximum Gasteiger partial charge on any atom is 0.227 e. The van der Waals surface area contributed by atoms with Crippen LogP contribution in [0.1, 0.15) is 31.2 Å². The SMILES string of the molecule is O=C(Cc1c[nH]c2ccccc12)N1CCCC1C1CC1. The molecule has 1 aliphatic heterocycles. The molecule has 1 aromatic carbocycles. The number of aromatic amines is 1. The highest BCUT2D eigenvalue weighted by atomic mass is 16.2. The number of hydrogen-bond acceptors (Lipinski definition) is 1. The summed E-state index contributed by atoms with van der Waals surface area (Å²) in [5.74, 6) is 1.11. The van der Waals surface area contributed by atoms with E-state index in [1.807, 2.05) is 18.3 Å². The van der Waals surface area contributed by atoms with Crippen molar-refractivity contribution in [2.75, 3.05) is 6.54 Å². The van der Waals surface area contributed by atoms with Gasteiger partial charge in [0.15, 0.2) is 0 Å². The Kier molecular flexibility index (Phi) is 2.79. The van der Waals surface area contributed by atoms with Crippen LogP contribution in [-0.4, -0.2) is 28.4 Å². The van der Waals surface area contributed by atoms with Gasteiger partial charge in [0.1, 0.15) is 0 Å². The summed E-state index contributed by atoms with van der Waals surface area (Å²) in [5, 5.41) is 1.18. The zero-order valence-corrected chi connectivity index (χ0v) is 11.6. The van der Waals surface area contributed by atoms with Crippen LogP contribution in [0.15, 0.2) is 30.5 Å². The summed E-state index contributed by atoms with van der Waals surface area (Å²) in [5.41, 5.74) is 2.25. The number of H-pyrrole nitrogens is 1. The van der Waals surface area contributed by atoms with E-state index in [0.717, 1.165) is 23.5 Å². The maximum atomic E-state index is 12.6. The normalized spacial score (nSPS) is 22.6. The van der Waals surface area contributed by atoms with Gasteiger partial charge in [0.2, 0.25) is 5.91 Å². The number of hydrogen-bond donors (Lipinski definition) is 1. The van der Waals surface area contributed by atoms with Crippen LogP contribution < -0.4 is 0 Å². The number of nitrogens with zero attached hydrogens (tertiary/aromatic N) is 1. The van der Waals surface area contributed by atoms with E-state index < -0.39 is 0 Å². The number of carbonyl (C=O) groups is 1. The van der Waals surface area contributed by atoms with E-state index in [-0.39, 0.29) is 0 Å². The molecule has 1 saturated carbocycles. The minimum atomic E-state index is 0.309. The first-order chi connectivity index (χ1) is 9.83. The molecular weight excluding hydrogens is 248 g/mol. The van der Waals surface area contributed by atoms with E-state index >= 15 is 0 Å². The first-order valence-electron chi connectivity index (χ1n) is 7.67. The lowest BCUT2D eigenvalue weighted by molar-refractivity contribution is -0.131. The molecule has 2 aromatic rings. The van der Waals surface area contributed by atoms with Gasteiger partial charge < -0.3 is 9.88 Å². The van der Waals surface area contributed by atoms with Crippen LogP contribution in [0.4, 0.5) is 0 Å². The smallest absolute Gasteiger partial charge is 0.227 e. The standard InChI is InChI=1S/C17H20N2O/c20-17(19-9-3-6-16(19)12-7-8-12)10-13-11-18-15-5-2-1-4-14(13)15/h1-2,4-5,11-12,16,18H,3,6-10H2.